The Bertz CT molecular complexity index is 888. The van der Waals surface area contributed by atoms with Crippen LogP contribution in [-0.2, 0) is 514 Å². The summed E-state index contributed by atoms with van der Waals surface area (Å²) < 4.78 is 0. The molecule has 0 N–H and O–H groups in total. The molecule has 0 fully saturated rings. The molecule has 4 aromatic heterocycles. The van der Waals surface area contributed by atoms with Crippen molar-refractivity contribution in [1.82, 2.24) is 19.9 Å². The van der Waals surface area contributed by atoms with Crippen molar-refractivity contribution in [3.8, 4) is 22.3 Å². The third kappa shape index (κ3) is 311. The molecule has 0 bridgehead atoms. The van der Waals surface area contributed by atoms with E-state index in [-0.39, 0.29) is 514 Å². The number of nitrogens with zero attached hydrogens (tertiary/aromatic N) is 4. The molecule has 0 radical (unpaired) electrons. The smallest absolute Gasteiger partial charge is 0.0273 e. The van der Waals surface area contributed by atoms with Gasteiger partial charge < -0.3 is 247 Å². The minimum Gasteiger partial charge on any atom is -2.00 e. The number of hydrogen-bond acceptors (Lipinski definition) is 8. The second-order valence-electron chi connectivity index (χ2n) is 5.44. The van der Waals surface area contributed by atoms with Crippen molar-refractivity contribution in [2.75, 3.05) is 0 Å². The maximum absolute atomic E-state index is 8.58. The maximum atomic E-state index is 8.58. The molecule has 4 heterocycles. The summed E-state index contributed by atoms with van der Waals surface area (Å²) in [6.45, 7) is 0. The van der Waals surface area contributed by atoms with Gasteiger partial charge in [-0.25, -0.2) is 0 Å². The summed E-state index contributed by atoms with van der Waals surface area (Å²) in [4.78, 5) is 50.1. The predicted molar refractivity (Wildman–Crippen MR) is 128 cm³/mol. The summed E-state index contributed by atoms with van der Waals surface area (Å²) in [7, 11) is -5.61. The van der Waals surface area contributed by atoms with Crippen LogP contribution in [0.15, 0.2) is 98.1 Å². The fourth-order valence-corrected chi connectivity index (χ4v) is 2.18. The number of rotatable bonds is 2. The molecule has 4 rings (SSSR count). The summed E-state index contributed by atoms with van der Waals surface area (Å²) in [6, 6.07) is 15.9. The molecule has 0 atom stereocenters. The predicted octanol–water partition coefficient (Wildman–Crippen LogP) is -5.64. The Morgan fingerprint density at radius 2 is 0.205 bits per heavy atom. The number of aromatic nitrogens is 4. The fraction of sp³-hybridized carbons (Fsp3) is 0. The standard InChI is InChI=1S/2C10H8N2.14Mo.O4Si.40O/c2*1-5-11-6-2-9(1)10-3-7-12-8-4-10;;;;;;;;;;;;;;;1-5(2,3)4;;;;;;;;;;;;;;;;;;;;;;;;;;;;;;;;;;;;;;;;/h2*1-8H;;;;;;;;;;;;;;;;;;;;;;;;;;;;;;;;;;;;;;;;;;;;;;;;;;;;;;;/q;;;;;;;;;;;;;;;;-4;40*-2. The second-order valence-corrected chi connectivity index (χ2v) is 6.44. The van der Waals surface area contributed by atoms with Gasteiger partial charge in [0.25, 0.3) is 0 Å². The van der Waals surface area contributed by atoms with Gasteiger partial charge in [-0.3, -0.25) is 19.9 Å². The van der Waals surface area contributed by atoms with Gasteiger partial charge in [0.15, 0.2) is 0 Å². The Balaban J connectivity index is -0.00000000246. The fourth-order valence-electron chi connectivity index (χ4n) is 2.18. The van der Waals surface area contributed by atoms with E-state index in [2.05, 4.69) is 19.9 Å². The summed E-state index contributed by atoms with van der Waals surface area (Å²) in [5.74, 6) is 0. The summed E-state index contributed by atoms with van der Waals surface area (Å²) in [6.07, 6.45) is 14.3. The van der Waals surface area contributed by atoms with E-state index in [4.69, 9.17) is 19.2 Å². The summed E-state index contributed by atoms with van der Waals surface area (Å²) >= 11 is 0. The van der Waals surface area contributed by atoms with Crippen LogP contribution in [0.1, 0.15) is 0 Å². The molecule has 0 aromatic carbocycles. The zero-order chi connectivity index (χ0) is 21.0. The van der Waals surface area contributed by atoms with Crippen molar-refractivity contribution >= 4 is 9.05 Å². The zero-order valence-corrected chi connectivity index (χ0v) is 66.3. The quantitative estimate of drug-likeness (QED) is 0.174. The molecule has 0 aliphatic heterocycles. The first-order chi connectivity index (χ1) is 13.9. The van der Waals surface area contributed by atoms with Gasteiger partial charge in [0.1, 0.15) is 0 Å². The van der Waals surface area contributed by atoms with Gasteiger partial charge in [0.2, 0.25) is 0 Å². The van der Waals surface area contributed by atoms with E-state index < -0.39 is 9.05 Å². The monoisotopic (exact) mass is 2410 g/mol. The van der Waals surface area contributed by atoms with Crippen molar-refractivity contribution in [3.05, 3.63) is 98.1 Å². The molecule has 48 nitrogen and oxygen atoms in total. The van der Waals surface area contributed by atoms with Gasteiger partial charge in [-0.2, -0.15) is 0 Å². The normalized spacial score (nSPS) is 3.52. The van der Waals surface area contributed by atoms with Gasteiger partial charge in [-0.15, -0.1) is 0 Å². The molecule has 0 unspecified atom stereocenters. The van der Waals surface area contributed by atoms with E-state index in [9.17, 15) is 0 Å². The molecule has 552 valence electrons. The molecular formula is C20H16Mo14N4O44Si-84. The van der Waals surface area contributed by atoms with Crippen molar-refractivity contribution in [3.63, 3.8) is 0 Å². The first-order valence-electron chi connectivity index (χ1n) is 8.36. The maximum Gasteiger partial charge on any atom is 0.0273 e. The zero-order valence-electron chi connectivity index (χ0n) is 37.2. The molecule has 83 heavy (non-hydrogen) atoms. The minimum absolute atomic E-state index is 0. The molecule has 4 aromatic rings. The third-order valence-corrected chi connectivity index (χ3v) is 3.39. The molecule has 0 aliphatic carbocycles. The Kier molecular flexibility index (Phi) is 2300. The van der Waals surface area contributed by atoms with Crippen LogP contribution in [0.5, 0.6) is 0 Å². The SMILES string of the molecule is [Mo].[Mo].[Mo].[Mo].[Mo].[Mo].[Mo].[Mo].[Mo].[Mo].[Mo].[Mo].[Mo].[Mo].[O-2].[O-2].[O-2].[O-2].[O-2].[O-2].[O-2].[O-2].[O-2].[O-2].[O-2].[O-2].[O-2].[O-2].[O-2].[O-2].[O-2].[O-2].[O-2].[O-2].[O-2].[O-2].[O-2].[O-2].[O-2].[O-2].[O-2].[O-2].[O-2].[O-2].[O-2].[O-2].[O-2].[O-2].[O-2].[O-2].[O-2].[O-2].[O-2].[O-2].[O-][Si]([O-])([O-])[O-].c1cc(-c2ccncc2)ccn1.c1cc(-c2ccncc2)ccn1. The molecule has 0 spiro atoms. The minimum atomic E-state index is -5.61. The van der Waals surface area contributed by atoms with Crippen LogP contribution < -0.4 is 19.2 Å². The summed E-state index contributed by atoms with van der Waals surface area (Å²) in [5, 5.41) is 0. The number of hydrogen-bond donors (Lipinski definition) is 0. The van der Waals surface area contributed by atoms with E-state index in [0.717, 1.165) is 0 Å². The largest absolute Gasteiger partial charge is 2.00 e. The van der Waals surface area contributed by atoms with Gasteiger partial charge in [0.05, 0.1) is 0 Å². The van der Waals surface area contributed by atoms with Crippen LogP contribution >= 0.6 is 0 Å². The molecule has 0 aliphatic rings. The first kappa shape index (κ1) is 548. The van der Waals surface area contributed by atoms with E-state index in [0.29, 0.717) is 0 Å². The van der Waals surface area contributed by atoms with Crippen LogP contribution in [0, 0.1) is 0 Å². The average molecular weight is 2390 g/mol. The second kappa shape index (κ2) is 349. The molecular weight excluding hydrogens is 2370 g/mol. The first-order valence-corrected chi connectivity index (χ1v) is 9.99. The van der Waals surface area contributed by atoms with E-state index in [1.807, 2.05) is 48.5 Å². The van der Waals surface area contributed by atoms with Gasteiger partial charge in [0, 0.05) is 344 Å². The van der Waals surface area contributed by atoms with Crippen molar-refractivity contribution in [2.24, 2.45) is 0 Å². The van der Waals surface area contributed by atoms with Crippen LogP contribution in [-0.4, -0.2) is 29.0 Å². The third-order valence-electron chi connectivity index (χ3n) is 3.39. The Labute approximate surface area is 673 Å². The molecule has 63 heteroatoms. The van der Waals surface area contributed by atoms with E-state index in [1.165, 1.54) is 22.3 Å². The topological polar surface area (TPSA) is 1280 Å². The Hall–Kier alpha value is 4.69. The van der Waals surface area contributed by atoms with Crippen molar-refractivity contribution < 1.29 is 533 Å². The van der Waals surface area contributed by atoms with Crippen LogP contribution in [0.3, 0.4) is 0 Å². The Morgan fingerprint density at radius 3 is 0.253 bits per heavy atom. The van der Waals surface area contributed by atoms with Crippen LogP contribution in [0.25, 0.3) is 22.3 Å². The average Bonchev–Trinajstić information content (AvgIpc) is 2.76. The summed E-state index contributed by atoms with van der Waals surface area (Å²) in [5.41, 5.74) is 4.69. The van der Waals surface area contributed by atoms with Crippen molar-refractivity contribution in [2.45, 2.75) is 0 Å². The Morgan fingerprint density at radius 1 is 0.157 bits per heavy atom. The number of pyridine rings is 4. The van der Waals surface area contributed by atoms with Gasteiger partial charge in [-0.05, 0) is 70.8 Å². The van der Waals surface area contributed by atoms with Crippen LogP contribution in [0.2, 0.25) is 0 Å². The van der Waals surface area contributed by atoms with E-state index in [1.54, 1.807) is 49.6 Å². The van der Waals surface area contributed by atoms with Gasteiger partial charge in [-0.1, -0.05) is 0 Å². The van der Waals surface area contributed by atoms with Crippen LogP contribution in [0.4, 0.5) is 0 Å². The van der Waals surface area contributed by atoms with Crippen molar-refractivity contribution in [1.29, 1.82) is 0 Å². The van der Waals surface area contributed by atoms with E-state index >= 15 is 0 Å². The molecule has 0 amide bonds. The molecule has 0 saturated carbocycles. The molecule has 0 saturated heterocycles. The van der Waals surface area contributed by atoms with Gasteiger partial charge >= 0.3 is 0 Å².